The predicted molar refractivity (Wildman–Crippen MR) is 139 cm³/mol. The van der Waals surface area contributed by atoms with Crippen molar-refractivity contribution in [2.24, 2.45) is 0 Å². The minimum absolute atomic E-state index is 0.128. The van der Waals surface area contributed by atoms with Gasteiger partial charge in [0.1, 0.15) is 11.0 Å². The summed E-state index contributed by atoms with van der Waals surface area (Å²) in [5.41, 5.74) is 4.80. The van der Waals surface area contributed by atoms with E-state index in [0.717, 1.165) is 17.0 Å². The van der Waals surface area contributed by atoms with Crippen LogP contribution in [-0.2, 0) is 24.1 Å². The van der Waals surface area contributed by atoms with Gasteiger partial charge < -0.3 is 19.2 Å². The highest BCUT2D eigenvalue weighted by molar-refractivity contribution is 8.01. The third-order valence-electron chi connectivity index (χ3n) is 6.30. The van der Waals surface area contributed by atoms with Crippen LogP contribution >= 0.6 is 11.8 Å². The number of pyridine rings is 1. The Morgan fingerprint density at radius 2 is 1.94 bits per heavy atom. The SMILES string of the molecule is CCOC(=O)CS(=O)(=O)C1c2ccn3c(C)c(C)nc3c2NC(c2ccccc2)C1SCCOC. The topological polar surface area (TPSA) is 99.0 Å². The molecule has 1 N–H and O–H groups in total. The number of sulfone groups is 1. The summed E-state index contributed by atoms with van der Waals surface area (Å²) in [7, 11) is -2.31. The number of aryl methyl sites for hydroxylation is 2. The van der Waals surface area contributed by atoms with Gasteiger partial charge in [-0.1, -0.05) is 30.3 Å². The Morgan fingerprint density at radius 3 is 2.63 bits per heavy atom. The Hall–Kier alpha value is -2.56. The molecular weight excluding hydrogens is 486 g/mol. The Morgan fingerprint density at radius 1 is 1.20 bits per heavy atom. The molecule has 1 aliphatic rings. The van der Waals surface area contributed by atoms with E-state index in [9.17, 15) is 13.2 Å². The highest BCUT2D eigenvalue weighted by Crippen LogP contribution is 2.50. The molecule has 35 heavy (non-hydrogen) atoms. The minimum Gasteiger partial charge on any atom is -0.465 e. The monoisotopic (exact) mass is 517 g/mol. The molecule has 3 atom stereocenters. The number of hydrogen-bond donors (Lipinski definition) is 1. The maximum Gasteiger partial charge on any atom is 0.321 e. The van der Waals surface area contributed by atoms with Gasteiger partial charge >= 0.3 is 5.97 Å². The molecule has 0 amide bonds. The first-order valence-corrected chi connectivity index (χ1v) is 14.3. The molecule has 0 radical (unpaired) electrons. The maximum absolute atomic E-state index is 13.9. The molecule has 0 spiro atoms. The number of esters is 1. The number of benzene rings is 1. The van der Waals surface area contributed by atoms with Crippen molar-refractivity contribution < 1.29 is 22.7 Å². The second-order valence-electron chi connectivity index (χ2n) is 8.52. The largest absolute Gasteiger partial charge is 0.465 e. The van der Waals surface area contributed by atoms with Crippen LogP contribution in [0.5, 0.6) is 0 Å². The van der Waals surface area contributed by atoms with E-state index in [-0.39, 0.29) is 12.6 Å². The van der Waals surface area contributed by atoms with Crippen molar-refractivity contribution in [2.45, 2.75) is 37.3 Å². The summed E-state index contributed by atoms with van der Waals surface area (Å²) in [5.74, 6) is -0.805. The molecule has 4 rings (SSSR count). The van der Waals surface area contributed by atoms with E-state index in [4.69, 9.17) is 14.5 Å². The average Bonchev–Trinajstić information content (AvgIpc) is 3.12. The number of anilines is 1. The zero-order valence-corrected chi connectivity index (χ0v) is 22.0. The number of carbonyl (C=O) groups excluding carboxylic acids is 1. The second kappa shape index (κ2) is 10.6. The van der Waals surface area contributed by atoms with E-state index in [1.807, 2.05) is 60.8 Å². The molecule has 10 heteroatoms. The summed E-state index contributed by atoms with van der Waals surface area (Å²) in [6.45, 7) is 6.20. The first-order valence-electron chi connectivity index (χ1n) is 11.6. The lowest BCUT2D eigenvalue weighted by Crippen LogP contribution is -2.40. The van der Waals surface area contributed by atoms with Gasteiger partial charge in [-0.2, -0.15) is 11.8 Å². The quantitative estimate of drug-likeness (QED) is 0.337. The predicted octanol–water partition coefficient (Wildman–Crippen LogP) is 3.89. The highest BCUT2D eigenvalue weighted by atomic mass is 32.2. The van der Waals surface area contributed by atoms with Crippen LogP contribution in [0.4, 0.5) is 5.69 Å². The molecular formula is C25H31N3O5S2. The van der Waals surface area contributed by atoms with Gasteiger partial charge in [-0.05, 0) is 38.0 Å². The van der Waals surface area contributed by atoms with Crippen molar-refractivity contribution in [3.63, 3.8) is 0 Å². The fraction of sp³-hybridized carbons (Fsp3) is 0.440. The third-order valence-corrected chi connectivity index (χ3v) is 9.77. The van der Waals surface area contributed by atoms with Gasteiger partial charge in [0, 0.05) is 24.8 Å². The molecule has 0 fully saturated rings. The van der Waals surface area contributed by atoms with Gasteiger partial charge in [-0.3, -0.25) is 4.79 Å². The number of rotatable bonds is 9. The fourth-order valence-electron chi connectivity index (χ4n) is 4.57. The highest BCUT2D eigenvalue weighted by Gasteiger charge is 2.46. The molecule has 3 heterocycles. The van der Waals surface area contributed by atoms with Crippen LogP contribution in [0.25, 0.3) is 5.65 Å². The lowest BCUT2D eigenvalue weighted by molar-refractivity contribution is -0.139. The van der Waals surface area contributed by atoms with Gasteiger partial charge in [0.25, 0.3) is 0 Å². The van der Waals surface area contributed by atoms with Crippen LogP contribution in [-0.4, -0.2) is 60.9 Å². The van der Waals surface area contributed by atoms with E-state index in [0.29, 0.717) is 29.3 Å². The van der Waals surface area contributed by atoms with Crippen LogP contribution in [0.3, 0.4) is 0 Å². The van der Waals surface area contributed by atoms with Gasteiger partial charge in [0.05, 0.1) is 35.9 Å². The molecule has 3 unspecified atom stereocenters. The van der Waals surface area contributed by atoms with Crippen LogP contribution in [0.1, 0.15) is 40.7 Å². The molecule has 188 valence electrons. The Labute approximate surface area is 210 Å². The lowest BCUT2D eigenvalue weighted by Gasteiger charge is -2.40. The van der Waals surface area contributed by atoms with Crippen molar-refractivity contribution in [2.75, 3.05) is 37.1 Å². The number of hydrogen-bond acceptors (Lipinski definition) is 8. The second-order valence-corrected chi connectivity index (χ2v) is 11.9. The van der Waals surface area contributed by atoms with Gasteiger partial charge in [0.15, 0.2) is 15.5 Å². The summed E-state index contributed by atoms with van der Waals surface area (Å²) in [5, 5.41) is 2.29. The van der Waals surface area contributed by atoms with Gasteiger partial charge in [-0.15, -0.1) is 0 Å². The number of methoxy groups -OCH3 is 1. The van der Waals surface area contributed by atoms with Crippen LogP contribution in [0, 0.1) is 13.8 Å². The van der Waals surface area contributed by atoms with Gasteiger partial charge in [0.2, 0.25) is 0 Å². The van der Waals surface area contributed by atoms with Gasteiger partial charge in [-0.25, -0.2) is 13.4 Å². The number of carbonyl (C=O) groups is 1. The Balaban J connectivity index is 1.92. The molecule has 2 aromatic heterocycles. The number of thioether (sulfide) groups is 1. The zero-order chi connectivity index (χ0) is 25.2. The van der Waals surface area contributed by atoms with E-state index in [1.165, 1.54) is 11.8 Å². The normalized spacial score (nSPS) is 19.8. The molecule has 0 saturated heterocycles. The summed E-state index contributed by atoms with van der Waals surface area (Å²) in [6.07, 6.45) is 1.86. The summed E-state index contributed by atoms with van der Waals surface area (Å²) in [6, 6.07) is 11.3. The third kappa shape index (κ3) is 5.05. The van der Waals surface area contributed by atoms with E-state index >= 15 is 0 Å². The molecule has 0 saturated carbocycles. The number of ether oxygens (including phenoxy) is 2. The fourth-order valence-corrected chi connectivity index (χ4v) is 8.32. The van der Waals surface area contributed by atoms with Crippen LogP contribution < -0.4 is 5.32 Å². The average molecular weight is 518 g/mol. The molecule has 1 aromatic carbocycles. The summed E-state index contributed by atoms with van der Waals surface area (Å²) >= 11 is 1.53. The van der Waals surface area contributed by atoms with E-state index < -0.39 is 32.1 Å². The standard InChI is InChI=1S/C25H31N3O5S2/c1-5-33-20(29)15-35(30,31)24-19-11-12-28-17(3)16(2)26-25(28)22(19)27-21(18-9-7-6-8-10-18)23(24)34-14-13-32-4/h6-12,21,23-24,27H,5,13-15H2,1-4H3. The molecule has 3 aromatic rings. The molecule has 0 bridgehead atoms. The Bertz CT molecular complexity index is 1310. The number of imidazole rings is 1. The van der Waals surface area contributed by atoms with Crippen molar-refractivity contribution in [3.8, 4) is 0 Å². The van der Waals surface area contributed by atoms with Crippen molar-refractivity contribution in [1.29, 1.82) is 0 Å². The molecule has 8 nitrogen and oxygen atoms in total. The first-order chi connectivity index (χ1) is 16.8. The minimum atomic E-state index is -3.93. The van der Waals surface area contributed by atoms with Crippen molar-refractivity contribution >= 4 is 38.9 Å². The maximum atomic E-state index is 13.9. The van der Waals surface area contributed by atoms with Crippen LogP contribution in [0.2, 0.25) is 0 Å². The van der Waals surface area contributed by atoms with Crippen molar-refractivity contribution in [1.82, 2.24) is 9.38 Å². The van der Waals surface area contributed by atoms with E-state index in [2.05, 4.69) is 5.32 Å². The van der Waals surface area contributed by atoms with Crippen molar-refractivity contribution in [3.05, 3.63) is 65.1 Å². The lowest BCUT2D eigenvalue weighted by atomic mass is 9.93. The number of nitrogens with zero attached hydrogens (tertiary/aromatic N) is 2. The first kappa shape index (κ1) is 25.5. The number of nitrogens with one attached hydrogen (secondary N) is 1. The summed E-state index contributed by atoms with van der Waals surface area (Å²) in [4.78, 5) is 17.1. The smallest absolute Gasteiger partial charge is 0.321 e. The molecule has 0 aliphatic carbocycles. The zero-order valence-electron chi connectivity index (χ0n) is 20.4. The number of fused-ring (bicyclic) bond motifs is 3. The number of aromatic nitrogens is 2. The summed E-state index contributed by atoms with van der Waals surface area (Å²) < 4.78 is 40.0. The molecule has 1 aliphatic heterocycles. The Kier molecular flexibility index (Phi) is 7.73. The van der Waals surface area contributed by atoms with E-state index in [1.54, 1.807) is 14.0 Å². The van der Waals surface area contributed by atoms with Crippen LogP contribution in [0.15, 0.2) is 42.6 Å².